The number of aromatic nitrogens is 2. The highest BCUT2D eigenvalue weighted by Crippen LogP contribution is 2.29. The Morgan fingerprint density at radius 3 is 2.83 bits per heavy atom. The molecule has 2 amide bonds. The molecule has 0 bridgehead atoms. The molecule has 2 saturated heterocycles. The highest BCUT2D eigenvalue weighted by atomic mass is 16.2. The quantitative estimate of drug-likeness (QED) is 0.825. The number of nitrogen functional groups attached to an aromatic ring is 1. The molecule has 3 rings (SSSR count). The van der Waals surface area contributed by atoms with Crippen LogP contribution in [0.5, 0.6) is 0 Å². The highest BCUT2D eigenvalue weighted by molar-refractivity contribution is 5.89. The van der Waals surface area contributed by atoms with Crippen molar-refractivity contribution in [2.75, 3.05) is 31.9 Å². The number of hydrogen-bond donors (Lipinski definition) is 1. The predicted octanol–water partition coefficient (Wildman–Crippen LogP) is 0.799. The van der Waals surface area contributed by atoms with Gasteiger partial charge >= 0.3 is 0 Å². The van der Waals surface area contributed by atoms with E-state index in [2.05, 4.69) is 16.5 Å². The van der Waals surface area contributed by atoms with E-state index in [0.717, 1.165) is 18.5 Å². The topological polar surface area (TPSA) is 92.4 Å². The summed E-state index contributed by atoms with van der Waals surface area (Å²) in [6, 6.07) is 1.89. The molecule has 0 saturated carbocycles. The molecule has 0 aromatic carbocycles. The van der Waals surface area contributed by atoms with Crippen LogP contribution in [0.3, 0.4) is 0 Å². The molecule has 3 heterocycles. The van der Waals surface area contributed by atoms with Crippen molar-refractivity contribution in [1.82, 2.24) is 19.8 Å². The molecule has 7 heteroatoms. The molecular weight excluding hydrogens is 306 g/mol. The number of nitrogens with two attached hydrogens (primary N) is 1. The Balaban J connectivity index is 1.56. The van der Waals surface area contributed by atoms with Crippen LogP contribution in [0.25, 0.3) is 0 Å². The van der Waals surface area contributed by atoms with Gasteiger partial charge < -0.3 is 15.5 Å². The number of nitrogens with zero attached hydrogens (tertiary/aromatic N) is 4. The molecular formula is C17H23N5O2. The van der Waals surface area contributed by atoms with Crippen LogP contribution in [0.4, 0.5) is 5.95 Å². The molecule has 1 atom stereocenters. The first-order valence-corrected chi connectivity index (χ1v) is 8.34. The van der Waals surface area contributed by atoms with Crippen molar-refractivity contribution >= 4 is 17.8 Å². The molecule has 24 heavy (non-hydrogen) atoms. The van der Waals surface area contributed by atoms with E-state index < -0.39 is 0 Å². The standard InChI is InChI=1S/C17H23N5O2/c1-2-7-22-11-13(10-15(22)23)16(24)21-8-4-12(5-9-21)14-3-6-19-17(18)20-14/h2-3,6,12-13H,1,4-5,7-11H2,(H2,18,19,20). The van der Waals surface area contributed by atoms with Gasteiger partial charge in [-0.3, -0.25) is 9.59 Å². The van der Waals surface area contributed by atoms with Crippen molar-refractivity contribution < 1.29 is 9.59 Å². The second-order valence-electron chi connectivity index (χ2n) is 6.43. The summed E-state index contributed by atoms with van der Waals surface area (Å²) in [4.78, 5) is 36.4. The lowest BCUT2D eigenvalue weighted by Gasteiger charge is -2.33. The summed E-state index contributed by atoms with van der Waals surface area (Å²) in [5, 5.41) is 0. The third-order valence-electron chi connectivity index (χ3n) is 4.83. The van der Waals surface area contributed by atoms with Crippen LogP contribution >= 0.6 is 0 Å². The van der Waals surface area contributed by atoms with E-state index in [1.807, 2.05) is 11.0 Å². The molecule has 0 aliphatic carbocycles. The molecule has 2 N–H and O–H groups in total. The molecule has 0 radical (unpaired) electrons. The first kappa shape index (κ1) is 16.4. The molecule has 0 spiro atoms. The predicted molar refractivity (Wildman–Crippen MR) is 89.9 cm³/mol. The summed E-state index contributed by atoms with van der Waals surface area (Å²) in [5.41, 5.74) is 6.59. The Morgan fingerprint density at radius 2 is 2.17 bits per heavy atom. The number of amides is 2. The minimum Gasteiger partial charge on any atom is -0.368 e. The van der Waals surface area contributed by atoms with Crippen molar-refractivity contribution in [3.63, 3.8) is 0 Å². The average molecular weight is 329 g/mol. The largest absolute Gasteiger partial charge is 0.368 e. The minimum absolute atomic E-state index is 0.0413. The van der Waals surface area contributed by atoms with Crippen LogP contribution in [0.2, 0.25) is 0 Å². The number of carbonyl (C=O) groups is 2. The van der Waals surface area contributed by atoms with Crippen molar-refractivity contribution in [2.45, 2.75) is 25.2 Å². The maximum absolute atomic E-state index is 12.7. The number of rotatable bonds is 4. The molecule has 2 aliphatic rings. The fraction of sp³-hybridized carbons (Fsp3) is 0.529. The van der Waals surface area contributed by atoms with Crippen LogP contribution in [0, 0.1) is 5.92 Å². The smallest absolute Gasteiger partial charge is 0.227 e. The molecule has 1 aromatic heterocycles. The molecule has 1 unspecified atom stereocenters. The lowest BCUT2D eigenvalue weighted by molar-refractivity contribution is -0.136. The monoisotopic (exact) mass is 329 g/mol. The maximum Gasteiger partial charge on any atom is 0.227 e. The summed E-state index contributed by atoms with van der Waals surface area (Å²) in [7, 11) is 0. The zero-order chi connectivity index (χ0) is 17.1. The number of carbonyl (C=O) groups excluding carboxylic acids is 2. The fourth-order valence-electron chi connectivity index (χ4n) is 3.54. The summed E-state index contributed by atoms with van der Waals surface area (Å²) in [5.74, 6) is 0.512. The number of likely N-dealkylation sites (tertiary alicyclic amines) is 2. The zero-order valence-corrected chi connectivity index (χ0v) is 13.7. The van der Waals surface area contributed by atoms with E-state index >= 15 is 0 Å². The fourth-order valence-corrected chi connectivity index (χ4v) is 3.54. The SMILES string of the molecule is C=CCN1CC(C(=O)N2CCC(c3ccnc(N)n3)CC2)CC1=O. The molecule has 128 valence electrons. The second kappa shape index (κ2) is 6.98. The molecule has 2 aliphatic heterocycles. The number of piperidine rings is 1. The van der Waals surface area contributed by atoms with Gasteiger partial charge in [-0.2, -0.15) is 0 Å². The van der Waals surface area contributed by atoms with Gasteiger partial charge in [0, 0.05) is 50.4 Å². The Hall–Kier alpha value is -2.44. The van der Waals surface area contributed by atoms with Gasteiger partial charge in [0.2, 0.25) is 17.8 Å². The van der Waals surface area contributed by atoms with Gasteiger partial charge in [-0.05, 0) is 18.9 Å². The Morgan fingerprint density at radius 1 is 1.42 bits per heavy atom. The minimum atomic E-state index is -0.219. The number of hydrogen-bond acceptors (Lipinski definition) is 5. The van der Waals surface area contributed by atoms with Crippen molar-refractivity contribution in [3.8, 4) is 0 Å². The highest BCUT2D eigenvalue weighted by Gasteiger charge is 2.37. The van der Waals surface area contributed by atoms with Gasteiger partial charge in [-0.1, -0.05) is 6.08 Å². The van der Waals surface area contributed by atoms with E-state index in [0.29, 0.717) is 38.5 Å². The third kappa shape index (κ3) is 3.39. The van der Waals surface area contributed by atoms with Crippen LogP contribution < -0.4 is 5.73 Å². The van der Waals surface area contributed by atoms with Crippen LogP contribution in [0.15, 0.2) is 24.9 Å². The Labute approximate surface area is 141 Å². The normalized spacial score (nSPS) is 22.0. The number of anilines is 1. The van der Waals surface area contributed by atoms with Gasteiger partial charge in [0.25, 0.3) is 0 Å². The van der Waals surface area contributed by atoms with Crippen LogP contribution in [-0.4, -0.2) is 57.8 Å². The molecule has 7 nitrogen and oxygen atoms in total. The van der Waals surface area contributed by atoms with Gasteiger partial charge in [-0.15, -0.1) is 6.58 Å². The Kier molecular flexibility index (Phi) is 4.78. The molecule has 1 aromatic rings. The second-order valence-corrected chi connectivity index (χ2v) is 6.43. The first-order chi connectivity index (χ1) is 11.6. The summed E-state index contributed by atoms with van der Waals surface area (Å²) < 4.78 is 0. The van der Waals surface area contributed by atoms with E-state index in [1.54, 1.807) is 17.2 Å². The molecule has 2 fully saturated rings. The lowest BCUT2D eigenvalue weighted by atomic mass is 9.92. The summed E-state index contributed by atoms with van der Waals surface area (Å²) in [6.45, 7) is 6.06. The van der Waals surface area contributed by atoms with Crippen molar-refractivity contribution in [2.24, 2.45) is 5.92 Å². The van der Waals surface area contributed by atoms with Crippen LogP contribution in [0.1, 0.15) is 30.9 Å². The van der Waals surface area contributed by atoms with Crippen molar-refractivity contribution in [1.29, 1.82) is 0 Å². The van der Waals surface area contributed by atoms with Gasteiger partial charge in [0.15, 0.2) is 0 Å². The summed E-state index contributed by atoms with van der Waals surface area (Å²) >= 11 is 0. The lowest BCUT2D eigenvalue weighted by Crippen LogP contribution is -2.42. The van der Waals surface area contributed by atoms with E-state index in [-0.39, 0.29) is 23.7 Å². The first-order valence-electron chi connectivity index (χ1n) is 8.34. The van der Waals surface area contributed by atoms with Gasteiger partial charge in [-0.25, -0.2) is 9.97 Å². The summed E-state index contributed by atoms with van der Waals surface area (Å²) in [6.07, 6.45) is 5.41. The van der Waals surface area contributed by atoms with Gasteiger partial charge in [0.05, 0.1) is 5.92 Å². The maximum atomic E-state index is 12.7. The van der Waals surface area contributed by atoms with Gasteiger partial charge in [0.1, 0.15) is 0 Å². The van der Waals surface area contributed by atoms with Crippen LogP contribution in [-0.2, 0) is 9.59 Å². The Bertz CT molecular complexity index is 640. The van der Waals surface area contributed by atoms with E-state index in [4.69, 9.17) is 5.73 Å². The third-order valence-corrected chi connectivity index (χ3v) is 4.83. The zero-order valence-electron chi connectivity index (χ0n) is 13.7. The van der Waals surface area contributed by atoms with E-state index in [1.165, 1.54) is 0 Å². The van der Waals surface area contributed by atoms with E-state index in [9.17, 15) is 9.59 Å². The van der Waals surface area contributed by atoms with Crippen molar-refractivity contribution in [3.05, 3.63) is 30.6 Å². The average Bonchev–Trinajstić information content (AvgIpc) is 2.96.